The molecule has 2 fully saturated rings. The molecule has 0 aliphatic carbocycles. The van der Waals surface area contributed by atoms with Crippen molar-refractivity contribution in [3.05, 3.63) is 29.8 Å². The molecule has 5 heteroatoms. The van der Waals surface area contributed by atoms with Crippen LogP contribution < -0.4 is 10.6 Å². The number of benzene rings is 1. The zero-order valence-electron chi connectivity index (χ0n) is 9.83. The van der Waals surface area contributed by atoms with Crippen molar-refractivity contribution in [3.63, 3.8) is 0 Å². The number of fused-ring (bicyclic) bond motifs is 2. The van der Waals surface area contributed by atoms with Gasteiger partial charge in [-0.1, -0.05) is 12.1 Å². The van der Waals surface area contributed by atoms with Gasteiger partial charge in [0.2, 0.25) is 0 Å². The van der Waals surface area contributed by atoms with Crippen LogP contribution in [-0.4, -0.2) is 24.0 Å². The van der Waals surface area contributed by atoms with Crippen LogP contribution in [0, 0.1) is 0 Å². The first-order valence-electron chi connectivity index (χ1n) is 6.03. The molecule has 0 spiro atoms. The van der Waals surface area contributed by atoms with E-state index in [1.54, 1.807) is 18.2 Å². The molecule has 2 amide bonds. The average molecular weight is 246 g/mol. The van der Waals surface area contributed by atoms with Gasteiger partial charge in [0.1, 0.15) is 12.2 Å². The maximum Gasteiger partial charge on any atom is 0.262 e. The average Bonchev–Trinajstić information content (AvgIpc) is 2.84. The number of amides is 2. The molecule has 2 bridgehead atoms. The SMILES string of the molecule is NCc1cccc(N2C(=O)C3CCC(O3)C2=O)c1. The largest absolute Gasteiger partial charge is 0.355 e. The first kappa shape index (κ1) is 11.4. The second kappa shape index (κ2) is 4.19. The van der Waals surface area contributed by atoms with Crippen LogP contribution in [0.4, 0.5) is 5.69 Å². The van der Waals surface area contributed by atoms with E-state index in [0.29, 0.717) is 25.1 Å². The number of nitrogens with zero attached hydrogens (tertiary/aromatic N) is 1. The fraction of sp³-hybridized carbons (Fsp3) is 0.385. The summed E-state index contributed by atoms with van der Waals surface area (Å²) in [7, 11) is 0. The highest BCUT2D eigenvalue weighted by Crippen LogP contribution is 2.31. The molecule has 2 saturated heterocycles. The quantitative estimate of drug-likeness (QED) is 0.774. The molecular formula is C13H14N2O3. The number of morpholine rings is 1. The maximum absolute atomic E-state index is 12.1. The van der Waals surface area contributed by atoms with Crippen LogP contribution in [-0.2, 0) is 20.9 Å². The number of carbonyl (C=O) groups is 2. The Morgan fingerprint density at radius 2 is 1.89 bits per heavy atom. The Hall–Kier alpha value is -1.72. The fourth-order valence-electron chi connectivity index (χ4n) is 2.47. The summed E-state index contributed by atoms with van der Waals surface area (Å²) in [6.45, 7) is 0.382. The number of hydrogen-bond donors (Lipinski definition) is 1. The lowest BCUT2D eigenvalue weighted by Crippen LogP contribution is -2.52. The van der Waals surface area contributed by atoms with Crippen molar-refractivity contribution in [2.45, 2.75) is 31.6 Å². The predicted molar refractivity (Wildman–Crippen MR) is 64.7 cm³/mol. The van der Waals surface area contributed by atoms with Gasteiger partial charge in [0.25, 0.3) is 11.8 Å². The Balaban J connectivity index is 1.99. The van der Waals surface area contributed by atoms with E-state index in [0.717, 1.165) is 5.56 Å². The van der Waals surface area contributed by atoms with Crippen LogP contribution in [0.3, 0.4) is 0 Å². The van der Waals surface area contributed by atoms with Gasteiger partial charge in [0.15, 0.2) is 0 Å². The van der Waals surface area contributed by atoms with E-state index in [4.69, 9.17) is 10.5 Å². The molecule has 1 aromatic rings. The van der Waals surface area contributed by atoms with Gasteiger partial charge < -0.3 is 10.5 Å². The van der Waals surface area contributed by atoms with E-state index in [9.17, 15) is 9.59 Å². The molecule has 2 unspecified atom stereocenters. The van der Waals surface area contributed by atoms with Crippen molar-refractivity contribution in [3.8, 4) is 0 Å². The molecule has 0 saturated carbocycles. The molecule has 94 valence electrons. The summed E-state index contributed by atoms with van der Waals surface area (Å²) in [5.74, 6) is -0.522. The van der Waals surface area contributed by atoms with Crippen LogP contribution in [0.5, 0.6) is 0 Å². The van der Waals surface area contributed by atoms with E-state index in [2.05, 4.69) is 0 Å². The summed E-state index contributed by atoms with van der Waals surface area (Å²) < 4.78 is 5.36. The molecule has 2 atom stereocenters. The summed E-state index contributed by atoms with van der Waals surface area (Å²) in [5, 5.41) is 0. The lowest BCUT2D eigenvalue weighted by molar-refractivity contribution is -0.146. The second-order valence-corrected chi connectivity index (χ2v) is 4.58. The molecule has 2 N–H and O–H groups in total. The van der Waals surface area contributed by atoms with Crippen LogP contribution in [0.15, 0.2) is 24.3 Å². The van der Waals surface area contributed by atoms with E-state index in [1.807, 2.05) is 6.07 Å². The molecule has 3 rings (SSSR count). The van der Waals surface area contributed by atoms with Gasteiger partial charge in [-0.25, -0.2) is 4.90 Å². The zero-order chi connectivity index (χ0) is 12.7. The monoisotopic (exact) mass is 246 g/mol. The number of carbonyl (C=O) groups excluding carboxylic acids is 2. The first-order valence-corrected chi connectivity index (χ1v) is 6.03. The predicted octanol–water partition coefficient (Wildman–Crippen LogP) is 0.566. The summed E-state index contributed by atoms with van der Waals surface area (Å²) in [6, 6.07) is 7.20. The number of hydrogen-bond acceptors (Lipinski definition) is 4. The molecule has 0 aromatic heterocycles. The minimum Gasteiger partial charge on any atom is -0.355 e. The minimum absolute atomic E-state index is 0.261. The van der Waals surface area contributed by atoms with E-state index in [-0.39, 0.29) is 11.8 Å². The van der Waals surface area contributed by atoms with Crippen LogP contribution >= 0.6 is 0 Å². The second-order valence-electron chi connectivity index (χ2n) is 4.58. The summed E-state index contributed by atoms with van der Waals surface area (Å²) in [4.78, 5) is 25.5. The lowest BCUT2D eigenvalue weighted by Gasteiger charge is -2.30. The van der Waals surface area contributed by atoms with Crippen molar-refractivity contribution in [1.82, 2.24) is 0 Å². The number of anilines is 1. The first-order chi connectivity index (χ1) is 8.70. The molecule has 5 nitrogen and oxygen atoms in total. The van der Waals surface area contributed by atoms with Gasteiger partial charge in [-0.05, 0) is 30.5 Å². The van der Waals surface area contributed by atoms with Gasteiger partial charge >= 0.3 is 0 Å². The highest BCUT2D eigenvalue weighted by atomic mass is 16.5. The topological polar surface area (TPSA) is 72.6 Å². The highest BCUT2D eigenvalue weighted by Gasteiger charge is 2.47. The molecule has 2 aliphatic rings. The van der Waals surface area contributed by atoms with Crippen LogP contribution in [0.2, 0.25) is 0 Å². The minimum atomic E-state index is -0.464. The number of imide groups is 1. The standard InChI is InChI=1S/C13H14N2O3/c14-7-8-2-1-3-9(6-8)15-12(16)10-4-5-11(18-10)13(15)17/h1-3,6,10-11H,4-5,7,14H2. The Morgan fingerprint density at radius 3 is 2.50 bits per heavy atom. The third-order valence-electron chi connectivity index (χ3n) is 3.42. The van der Waals surface area contributed by atoms with Gasteiger partial charge in [-0.3, -0.25) is 9.59 Å². The van der Waals surface area contributed by atoms with Gasteiger partial charge in [0.05, 0.1) is 5.69 Å². The number of ether oxygens (including phenoxy) is 1. The van der Waals surface area contributed by atoms with E-state index >= 15 is 0 Å². The van der Waals surface area contributed by atoms with Crippen molar-refractivity contribution in [1.29, 1.82) is 0 Å². The highest BCUT2D eigenvalue weighted by molar-refractivity contribution is 6.19. The summed E-state index contributed by atoms with van der Waals surface area (Å²) in [5.41, 5.74) is 7.06. The molecule has 2 aliphatic heterocycles. The van der Waals surface area contributed by atoms with Crippen molar-refractivity contribution in [2.24, 2.45) is 5.73 Å². The lowest BCUT2D eigenvalue weighted by atomic mass is 10.1. The van der Waals surface area contributed by atoms with Gasteiger partial charge in [0, 0.05) is 6.54 Å². The van der Waals surface area contributed by atoms with E-state index < -0.39 is 12.2 Å². The third kappa shape index (κ3) is 1.63. The Morgan fingerprint density at radius 1 is 1.22 bits per heavy atom. The molecule has 0 radical (unpaired) electrons. The Bertz CT molecular complexity index is 493. The third-order valence-corrected chi connectivity index (χ3v) is 3.42. The summed E-state index contributed by atoms with van der Waals surface area (Å²) in [6.07, 6.45) is 0.327. The molecule has 2 heterocycles. The number of rotatable bonds is 2. The number of nitrogens with two attached hydrogens (primary N) is 1. The zero-order valence-corrected chi connectivity index (χ0v) is 9.83. The normalized spacial score (nSPS) is 26.8. The Kier molecular flexibility index (Phi) is 2.65. The van der Waals surface area contributed by atoms with Crippen LogP contribution in [0.1, 0.15) is 18.4 Å². The molecule has 1 aromatic carbocycles. The maximum atomic E-state index is 12.1. The van der Waals surface area contributed by atoms with Gasteiger partial charge in [-0.2, -0.15) is 0 Å². The van der Waals surface area contributed by atoms with Crippen molar-refractivity contribution in [2.75, 3.05) is 4.90 Å². The van der Waals surface area contributed by atoms with Crippen LogP contribution in [0.25, 0.3) is 0 Å². The Labute approximate surface area is 105 Å². The van der Waals surface area contributed by atoms with Crippen molar-refractivity contribution >= 4 is 17.5 Å². The molecular weight excluding hydrogens is 232 g/mol. The van der Waals surface area contributed by atoms with Crippen molar-refractivity contribution < 1.29 is 14.3 Å². The van der Waals surface area contributed by atoms with Gasteiger partial charge in [-0.15, -0.1) is 0 Å². The fourth-order valence-corrected chi connectivity index (χ4v) is 2.47. The molecule has 18 heavy (non-hydrogen) atoms. The smallest absolute Gasteiger partial charge is 0.262 e. The van der Waals surface area contributed by atoms with E-state index in [1.165, 1.54) is 4.90 Å². The summed E-state index contributed by atoms with van der Waals surface area (Å²) >= 11 is 0.